The molecule has 0 unspecified atom stereocenters. The van der Waals surface area contributed by atoms with Gasteiger partial charge in [-0.1, -0.05) is 38.3 Å². The van der Waals surface area contributed by atoms with E-state index >= 15 is 0 Å². The van der Waals surface area contributed by atoms with Crippen molar-refractivity contribution in [2.45, 2.75) is 76.9 Å². The Labute approximate surface area is 183 Å². The average molecular weight is 434 g/mol. The summed E-state index contributed by atoms with van der Waals surface area (Å²) in [5.41, 5.74) is 2.64. The van der Waals surface area contributed by atoms with Crippen molar-refractivity contribution in [1.82, 2.24) is 0 Å². The molecule has 1 radical (unpaired) electrons. The Morgan fingerprint density at radius 3 is 2.77 bits per heavy atom. The van der Waals surface area contributed by atoms with Crippen molar-refractivity contribution in [2.24, 2.45) is 17.8 Å². The molecular weight excluding hydrogens is 401 g/mol. The third-order valence-corrected chi connectivity index (χ3v) is 6.48. The van der Waals surface area contributed by atoms with E-state index in [1.165, 1.54) is 24.0 Å². The summed E-state index contributed by atoms with van der Waals surface area (Å²) >= 11 is 0. The van der Waals surface area contributed by atoms with Crippen LogP contribution in [0.3, 0.4) is 0 Å². The van der Waals surface area contributed by atoms with Crippen molar-refractivity contribution in [3.8, 4) is 5.75 Å². The van der Waals surface area contributed by atoms with Gasteiger partial charge >= 0.3 is 0 Å². The molecule has 1 saturated carbocycles. The van der Waals surface area contributed by atoms with Gasteiger partial charge in [-0.25, -0.2) is 0 Å². The predicted octanol–water partition coefficient (Wildman–Crippen LogP) is 4.29. The molecular formula is C22H33O3Y-. The van der Waals surface area contributed by atoms with Crippen molar-refractivity contribution < 1.29 is 47.7 Å². The van der Waals surface area contributed by atoms with Crippen molar-refractivity contribution >= 4 is 0 Å². The van der Waals surface area contributed by atoms with Gasteiger partial charge in [0.1, 0.15) is 0 Å². The van der Waals surface area contributed by atoms with Crippen LogP contribution in [0.4, 0.5) is 0 Å². The molecule has 1 fully saturated rings. The molecule has 2 aliphatic carbocycles. The van der Waals surface area contributed by atoms with Gasteiger partial charge < -0.3 is 14.9 Å². The van der Waals surface area contributed by atoms with Crippen LogP contribution in [0.25, 0.3) is 0 Å². The first-order chi connectivity index (χ1) is 12.1. The third kappa shape index (κ3) is 5.10. The average Bonchev–Trinajstić information content (AvgIpc) is 2.92. The second kappa shape index (κ2) is 10.6. The number of aliphatic hydroxyl groups is 2. The van der Waals surface area contributed by atoms with E-state index < -0.39 is 0 Å². The van der Waals surface area contributed by atoms with E-state index in [-0.39, 0.29) is 44.9 Å². The van der Waals surface area contributed by atoms with Crippen LogP contribution in [0.2, 0.25) is 0 Å². The van der Waals surface area contributed by atoms with Gasteiger partial charge in [0.2, 0.25) is 0 Å². The maximum Gasteiger partial charge on any atom is 0.0879 e. The van der Waals surface area contributed by atoms with Crippen LogP contribution in [-0.4, -0.2) is 22.4 Å². The van der Waals surface area contributed by atoms with Gasteiger partial charge in [0.15, 0.2) is 0 Å². The minimum absolute atomic E-state index is 0. The fourth-order valence-corrected chi connectivity index (χ4v) is 5.10. The SMILES string of the molecule is [CH2-]Oc1cccc2c1C[C@H]1C[C@@H](O)[C@H](CC[C@@H](O)CCCCC)[C@H]1C2.[Y]. The molecule has 0 bridgehead atoms. The normalized spacial score (nSPS) is 28.0. The topological polar surface area (TPSA) is 49.7 Å². The van der Waals surface area contributed by atoms with E-state index in [2.05, 4.69) is 20.1 Å². The maximum absolute atomic E-state index is 10.6. The number of benzene rings is 1. The molecule has 0 saturated heterocycles. The van der Waals surface area contributed by atoms with Gasteiger partial charge in [-0.2, -0.15) is 7.11 Å². The summed E-state index contributed by atoms with van der Waals surface area (Å²) in [6.07, 6.45) is 8.61. The predicted molar refractivity (Wildman–Crippen MR) is 100 cm³/mol. The summed E-state index contributed by atoms with van der Waals surface area (Å²) in [7, 11) is 3.58. The Bertz CT molecular complexity index is 562. The molecule has 0 aliphatic heterocycles. The molecule has 2 aliphatic rings. The van der Waals surface area contributed by atoms with Gasteiger partial charge in [-0.15, -0.1) is 0 Å². The Kier molecular flexibility index (Phi) is 9.06. The monoisotopic (exact) mass is 434 g/mol. The standard InChI is InChI=1S/C22H33O3.Y/c1-3-4-5-8-17(23)10-11-18-19-12-15-7-6-9-22(25-2)20(15)13-16(19)14-21(18)24;/h6-7,9,16-19,21,23-24H,2-5,8,10-14H2,1H3;/q-1;/t16-,17-,18+,19-,21+;/m0./s1. The van der Waals surface area contributed by atoms with E-state index in [0.717, 1.165) is 50.7 Å². The molecule has 0 aromatic heterocycles. The number of hydrogen-bond donors (Lipinski definition) is 2. The number of rotatable bonds is 8. The molecule has 143 valence electrons. The zero-order chi connectivity index (χ0) is 17.8. The fraction of sp³-hybridized carbons (Fsp3) is 0.682. The number of ether oxygens (including phenoxy) is 1. The van der Waals surface area contributed by atoms with Crippen LogP contribution in [0.15, 0.2) is 18.2 Å². The molecule has 0 amide bonds. The molecule has 26 heavy (non-hydrogen) atoms. The minimum Gasteiger partial charge on any atom is -0.665 e. The van der Waals surface area contributed by atoms with Gasteiger partial charge in [0.05, 0.1) is 18.0 Å². The first kappa shape index (κ1) is 22.3. The Morgan fingerprint density at radius 2 is 2.04 bits per heavy atom. The first-order valence-electron chi connectivity index (χ1n) is 10.0. The van der Waals surface area contributed by atoms with Gasteiger partial charge in [0.25, 0.3) is 0 Å². The number of hydrogen-bond acceptors (Lipinski definition) is 3. The van der Waals surface area contributed by atoms with Crippen LogP contribution in [0.5, 0.6) is 5.75 Å². The van der Waals surface area contributed by atoms with Crippen molar-refractivity contribution in [1.29, 1.82) is 0 Å². The quantitative estimate of drug-likeness (QED) is 0.474. The van der Waals surface area contributed by atoms with E-state index in [0.29, 0.717) is 17.8 Å². The molecule has 0 spiro atoms. The maximum atomic E-state index is 10.6. The molecule has 0 heterocycles. The van der Waals surface area contributed by atoms with E-state index in [1.807, 2.05) is 12.1 Å². The number of fused-ring (bicyclic) bond motifs is 2. The molecule has 1 aromatic rings. The second-order valence-electron chi connectivity index (χ2n) is 8.06. The second-order valence-corrected chi connectivity index (χ2v) is 8.06. The number of aliphatic hydroxyl groups excluding tert-OH is 2. The van der Waals surface area contributed by atoms with Gasteiger partial charge in [0, 0.05) is 32.7 Å². The summed E-state index contributed by atoms with van der Waals surface area (Å²) in [5, 5.41) is 20.9. The van der Waals surface area contributed by atoms with Crippen molar-refractivity contribution in [3.05, 3.63) is 36.4 Å². The summed E-state index contributed by atoms with van der Waals surface area (Å²) in [5.74, 6) is 2.27. The smallest absolute Gasteiger partial charge is 0.0879 e. The summed E-state index contributed by atoms with van der Waals surface area (Å²) in [4.78, 5) is 0. The van der Waals surface area contributed by atoms with Crippen LogP contribution in [0, 0.1) is 24.9 Å². The van der Waals surface area contributed by atoms with Crippen LogP contribution < -0.4 is 4.74 Å². The molecule has 1 aromatic carbocycles. The van der Waals surface area contributed by atoms with Crippen molar-refractivity contribution in [3.63, 3.8) is 0 Å². The summed E-state index contributed by atoms with van der Waals surface area (Å²) in [6.45, 7) is 2.19. The van der Waals surface area contributed by atoms with E-state index in [4.69, 9.17) is 4.74 Å². The van der Waals surface area contributed by atoms with Crippen LogP contribution >= 0.6 is 0 Å². The Balaban J connectivity index is 0.00000243. The Morgan fingerprint density at radius 1 is 1.23 bits per heavy atom. The van der Waals surface area contributed by atoms with E-state index in [1.54, 1.807) is 0 Å². The van der Waals surface area contributed by atoms with Crippen LogP contribution in [-0.2, 0) is 45.6 Å². The zero-order valence-electron chi connectivity index (χ0n) is 16.1. The van der Waals surface area contributed by atoms with Crippen LogP contribution in [0.1, 0.15) is 63.0 Å². The third-order valence-electron chi connectivity index (χ3n) is 6.48. The Hall–Kier alpha value is 0.0439. The summed E-state index contributed by atoms with van der Waals surface area (Å²) in [6, 6.07) is 6.22. The molecule has 4 heteroatoms. The minimum atomic E-state index is -0.226. The molecule has 2 N–H and O–H groups in total. The summed E-state index contributed by atoms with van der Waals surface area (Å²) < 4.78 is 5.29. The fourth-order valence-electron chi connectivity index (χ4n) is 5.10. The number of unbranched alkanes of at least 4 members (excludes halogenated alkanes) is 2. The molecule has 3 nitrogen and oxygen atoms in total. The van der Waals surface area contributed by atoms with Crippen molar-refractivity contribution in [2.75, 3.05) is 0 Å². The molecule has 5 atom stereocenters. The van der Waals surface area contributed by atoms with E-state index in [9.17, 15) is 10.2 Å². The largest absolute Gasteiger partial charge is 0.665 e. The first-order valence-corrected chi connectivity index (χ1v) is 10.0. The van der Waals surface area contributed by atoms with Gasteiger partial charge in [-0.3, -0.25) is 0 Å². The van der Waals surface area contributed by atoms with Gasteiger partial charge in [-0.05, 0) is 73.5 Å². The zero-order valence-corrected chi connectivity index (χ0v) is 18.9. The molecule has 3 rings (SSSR count).